The number of hydrogen-bond donors (Lipinski definition) is 0. The van der Waals surface area contributed by atoms with E-state index < -0.39 is 0 Å². The van der Waals surface area contributed by atoms with E-state index in [1.54, 1.807) is 11.3 Å². The van der Waals surface area contributed by atoms with Crippen LogP contribution in [0.1, 0.15) is 5.56 Å². The molecule has 0 aliphatic carbocycles. The monoisotopic (exact) mass is 740 g/mol. The molecule has 2 heterocycles. The fraction of sp³-hybridized carbons (Fsp3) is 0. The zero-order valence-corrected chi connectivity index (χ0v) is 31.2. The first-order valence-electron chi connectivity index (χ1n) is 19.0. The number of nitriles is 1. The summed E-state index contributed by atoms with van der Waals surface area (Å²) in [6.45, 7) is 0. The van der Waals surface area contributed by atoms with Crippen molar-refractivity contribution >= 4 is 86.1 Å². The molecule has 12 rings (SSSR count). The molecular weight excluding hydrogens is 713 g/mol. The number of nitrogens with zero attached hydrogens (tertiary/aromatic N) is 4. The van der Waals surface area contributed by atoms with Gasteiger partial charge in [-0.2, -0.15) is 5.26 Å². The quantitative estimate of drug-likeness (QED) is 0.169. The summed E-state index contributed by atoms with van der Waals surface area (Å²) in [5.41, 5.74) is 4.50. The number of fused-ring (bicyclic) bond motifs is 3. The lowest BCUT2D eigenvalue weighted by atomic mass is 9.87. The topological polar surface area (TPSA) is 62.5 Å². The summed E-state index contributed by atoms with van der Waals surface area (Å²) < 4.78 is 1.19. The Hall–Kier alpha value is -7.52. The first-order chi connectivity index (χ1) is 28.2. The molecule has 0 unspecified atom stereocenters. The maximum atomic E-state index is 9.38. The van der Waals surface area contributed by atoms with Crippen LogP contribution in [0.3, 0.4) is 0 Å². The Morgan fingerprint density at radius 3 is 1.58 bits per heavy atom. The Balaban J connectivity index is 1.17. The van der Waals surface area contributed by atoms with Crippen LogP contribution in [0.2, 0.25) is 0 Å². The smallest absolute Gasteiger partial charge is 0.174 e. The van der Waals surface area contributed by atoms with E-state index in [1.807, 2.05) is 30.3 Å². The fourth-order valence-corrected chi connectivity index (χ4v) is 9.82. The molecule has 0 N–H and O–H groups in total. The maximum Gasteiger partial charge on any atom is 0.174 e. The summed E-state index contributed by atoms with van der Waals surface area (Å²) >= 11 is 1.69. The fourth-order valence-electron chi connectivity index (χ4n) is 8.82. The van der Waals surface area contributed by atoms with Crippen molar-refractivity contribution in [3.8, 4) is 50.7 Å². The van der Waals surface area contributed by atoms with Gasteiger partial charge < -0.3 is 0 Å². The Labute approximate surface area is 330 Å². The van der Waals surface area contributed by atoms with Gasteiger partial charge in [0.1, 0.15) is 0 Å². The summed E-state index contributed by atoms with van der Waals surface area (Å²) in [5, 5.41) is 25.3. The zero-order valence-electron chi connectivity index (χ0n) is 30.4. The molecule has 0 aliphatic heterocycles. The van der Waals surface area contributed by atoms with E-state index in [-0.39, 0.29) is 0 Å². The lowest BCUT2D eigenvalue weighted by Crippen LogP contribution is -2.00. The van der Waals surface area contributed by atoms with E-state index in [0.717, 1.165) is 37.9 Å². The Kier molecular flexibility index (Phi) is 6.83. The third-order valence-electron chi connectivity index (χ3n) is 11.4. The van der Waals surface area contributed by atoms with E-state index in [2.05, 4.69) is 146 Å². The predicted octanol–water partition coefficient (Wildman–Crippen LogP) is 14.0. The van der Waals surface area contributed by atoms with Crippen LogP contribution in [0.25, 0.3) is 119 Å². The van der Waals surface area contributed by atoms with Crippen molar-refractivity contribution in [2.45, 2.75) is 0 Å². The van der Waals surface area contributed by atoms with Crippen molar-refractivity contribution in [2.24, 2.45) is 0 Å². The summed E-state index contributed by atoms with van der Waals surface area (Å²) in [6, 6.07) is 62.4. The zero-order chi connectivity index (χ0) is 37.6. The molecule has 57 heavy (non-hydrogen) atoms. The molecule has 0 radical (unpaired) electrons. The molecule has 0 fully saturated rings. The minimum atomic E-state index is 0.604. The number of rotatable bonds is 4. The molecule has 5 heteroatoms. The molecule has 2 aromatic heterocycles. The predicted molar refractivity (Wildman–Crippen MR) is 238 cm³/mol. The number of benzene rings is 9. The SMILES string of the molecule is N#Cc1ccc(-c2cccc(-c3nc(-c4cc5ccc6cccc7c8cccc9ccc%10cccc(c(c4)c5c67)c%10c98)nc(-c4cc5ccccc5s4)n3)c2)cc1. The van der Waals surface area contributed by atoms with Crippen LogP contribution in [0.5, 0.6) is 0 Å². The molecule has 0 aliphatic rings. The average molecular weight is 741 g/mol. The van der Waals surface area contributed by atoms with Crippen molar-refractivity contribution in [1.29, 1.82) is 5.26 Å². The van der Waals surface area contributed by atoms with Crippen molar-refractivity contribution in [2.75, 3.05) is 0 Å². The van der Waals surface area contributed by atoms with Gasteiger partial charge in [-0.25, -0.2) is 15.0 Å². The van der Waals surface area contributed by atoms with Gasteiger partial charge in [-0.05, 0) is 124 Å². The van der Waals surface area contributed by atoms with Gasteiger partial charge in [-0.3, -0.25) is 0 Å². The van der Waals surface area contributed by atoms with Crippen LogP contribution in [0.15, 0.2) is 170 Å². The standard InChI is InChI=1S/C52H28N4S/c53-29-30-17-19-31(20-18-30)35-11-3-12-38(25-35)50-54-51(56-52(55-50)45-28-36-7-1-2-16-44(36)57-45)39-26-37-24-23-34-9-5-14-41-40-13-4-8-32-21-22-33-10-6-15-42(48(33)46(32)40)43(27-39)49(37)47(34)41/h1-28H. The Bertz CT molecular complexity index is 3610. The van der Waals surface area contributed by atoms with Gasteiger partial charge in [0.25, 0.3) is 0 Å². The summed E-state index contributed by atoms with van der Waals surface area (Å²) in [4.78, 5) is 16.7. The van der Waals surface area contributed by atoms with Gasteiger partial charge in [0, 0.05) is 15.8 Å². The van der Waals surface area contributed by atoms with Gasteiger partial charge in [0.05, 0.1) is 16.5 Å². The van der Waals surface area contributed by atoms with E-state index in [0.29, 0.717) is 23.0 Å². The van der Waals surface area contributed by atoms with Crippen LogP contribution in [-0.2, 0) is 0 Å². The lowest BCUT2D eigenvalue weighted by molar-refractivity contribution is 1.08. The molecule has 0 amide bonds. The van der Waals surface area contributed by atoms with Crippen molar-refractivity contribution < 1.29 is 0 Å². The number of thiophene rings is 1. The molecule has 12 aromatic rings. The minimum Gasteiger partial charge on any atom is -0.208 e. The van der Waals surface area contributed by atoms with Crippen molar-refractivity contribution in [3.63, 3.8) is 0 Å². The summed E-state index contributed by atoms with van der Waals surface area (Å²) in [6.07, 6.45) is 0. The van der Waals surface area contributed by atoms with Crippen LogP contribution < -0.4 is 0 Å². The number of hydrogen-bond acceptors (Lipinski definition) is 5. The largest absolute Gasteiger partial charge is 0.208 e. The second-order valence-corrected chi connectivity index (χ2v) is 15.8. The highest BCUT2D eigenvalue weighted by Crippen LogP contribution is 2.44. The normalized spacial score (nSPS) is 11.8. The van der Waals surface area contributed by atoms with Gasteiger partial charge in [-0.1, -0.05) is 127 Å². The molecule has 0 spiro atoms. The van der Waals surface area contributed by atoms with Gasteiger partial charge in [0.15, 0.2) is 17.5 Å². The third-order valence-corrected chi connectivity index (χ3v) is 12.5. The molecule has 0 atom stereocenters. The molecule has 262 valence electrons. The number of aromatic nitrogens is 3. The molecule has 4 nitrogen and oxygen atoms in total. The van der Waals surface area contributed by atoms with Crippen LogP contribution in [0, 0.1) is 11.3 Å². The van der Waals surface area contributed by atoms with Crippen LogP contribution in [-0.4, -0.2) is 15.0 Å². The van der Waals surface area contributed by atoms with Crippen LogP contribution >= 0.6 is 11.3 Å². The second kappa shape index (κ2) is 12.2. The Morgan fingerprint density at radius 1 is 0.368 bits per heavy atom. The second-order valence-electron chi connectivity index (χ2n) is 14.7. The first kappa shape index (κ1) is 31.8. The summed E-state index contributed by atoms with van der Waals surface area (Å²) in [5.74, 6) is 1.87. The van der Waals surface area contributed by atoms with E-state index in [9.17, 15) is 5.26 Å². The highest BCUT2D eigenvalue weighted by molar-refractivity contribution is 7.22. The van der Waals surface area contributed by atoms with Crippen molar-refractivity contribution in [1.82, 2.24) is 15.0 Å². The third kappa shape index (κ3) is 4.95. The summed E-state index contributed by atoms with van der Waals surface area (Å²) in [7, 11) is 0. The highest BCUT2D eigenvalue weighted by Gasteiger charge is 2.19. The Morgan fingerprint density at radius 2 is 0.912 bits per heavy atom. The van der Waals surface area contributed by atoms with Gasteiger partial charge in [0.2, 0.25) is 0 Å². The van der Waals surface area contributed by atoms with E-state index in [4.69, 9.17) is 15.0 Å². The highest BCUT2D eigenvalue weighted by atomic mass is 32.1. The maximum absolute atomic E-state index is 9.38. The van der Waals surface area contributed by atoms with Gasteiger partial charge >= 0.3 is 0 Å². The van der Waals surface area contributed by atoms with Gasteiger partial charge in [-0.15, -0.1) is 11.3 Å². The first-order valence-corrected chi connectivity index (χ1v) is 19.8. The van der Waals surface area contributed by atoms with Crippen LogP contribution in [0.4, 0.5) is 0 Å². The molecule has 0 saturated carbocycles. The molecule has 10 aromatic carbocycles. The van der Waals surface area contributed by atoms with E-state index in [1.165, 1.54) is 63.9 Å². The minimum absolute atomic E-state index is 0.604. The lowest BCUT2D eigenvalue weighted by Gasteiger charge is -2.17. The van der Waals surface area contributed by atoms with E-state index >= 15 is 0 Å². The molecular formula is C52H28N4S. The average Bonchev–Trinajstić information content (AvgIpc) is 3.72. The molecule has 0 bridgehead atoms. The van der Waals surface area contributed by atoms with Crippen molar-refractivity contribution in [3.05, 3.63) is 175 Å². The molecule has 0 saturated heterocycles.